The van der Waals surface area contributed by atoms with Crippen LogP contribution >= 0.6 is 11.8 Å². The molecule has 2 aliphatic heterocycles. The summed E-state index contributed by atoms with van der Waals surface area (Å²) in [5.41, 5.74) is 9.05. The van der Waals surface area contributed by atoms with Crippen molar-refractivity contribution in [3.63, 3.8) is 0 Å². The Morgan fingerprint density at radius 2 is 1.85 bits per heavy atom. The highest BCUT2D eigenvalue weighted by Crippen LogP contribution is 2.48. The molecule has 0 aromatic heterocycles. The fourth-order valence-corrected chi connectivity index (χ4v) is 5.11. The van der Waals surface area contributed by atoms with Gasteiger partial charge in [-0.15, -0.1) is 0 Å². The fourth-order valence-electron chi connectivity index (χ4n) is 4.24. The molecule has 3 aromatic rings. The molecule has 5 rings (SSSR count). The van der Waals surface area contributed by atoms with Gasteiger partial charge in [-0.25, -0.2) is 9.79 Å². The van der Waals surface area contributed by atoms with Crippen molar-refractivity contribution in [2.45, 2.75) is 13.0 Å². The minimum Gasteiger partial charge on any atom is -0.463 e. The number of hydrogen-bond acceptors (Lipinski definition) is 7. The third-order valence-electron chi connectivity index (χ3n) is 5.65. The van der Waals surface area contributed by atoms with Crippen molar-refractivity contribution in [1.29, 1.82) is 5.26 Å². The Kier molecular flexibility index (Phi) is 5.37. The predicted molar refractivity (Wildman–Crippen MR) is 130 cm³/mol. The molecule has 0 radical (unpaired) electrons. The zero-order chi connectivity index (χ0) is 22.9. The van der Waals surface area contributed by atoms with Crippen LogP contribution in [0.4, 0.5) is 0 Å². The Morgan fingerprint density at radius 3 is 2.61 bits per heavy atom. The average molecular weight is 453 g/mol. The third kappa shape index (κ3) is 3.45. The van der Waals surface area contributed by atoms with Crippen molar-refractivity contribution in [3.05, 3.63) is 100 Å². The van der Waals surface area contributed by atoms with E-state index in [0.29, 0.717) is 21.3 Å². The van der Waals surface area contributed by atoms with Gasteiger partial charge in [0.25, 0.3) is 0 Å². The van der Waals surface area contributed by atoms with E-state index in [-0.39, 0.29) is 12.4 Å². The number of hydrogen-bond donors (Lipinski definition) is 1. The molecule has 2 N–H and O–H groups in total. The molecular weight excluding hydrogens is 432 g/mol. The maximum Gasteiger partial charge on any atom is 0.338 e. The summed E-state index contributed by atoms with van der Waals surface area (Å²) < 4.78 is 5.51. The number of ether oxygens (including phenoxy) is 1. The molecule has 33 heavy (non-hydrogen) atoms. The molecule has 6 nitrogen and oxygen atoms in total. The van der Waals surface area contributed by atoms with Crippen molar-refractivity contribution in [1.82, 2.24) is 4.90 Å². The molecule has 3 aromatic carbocycles. The van der Waals surface area contributed by atoms with Gasteiger partial charge in [-0.3, -0.25) is 4.90 Å². The Bertz CT molecular complexity index is 1400. The summed E-state index contributed by atoms with van der Waals surface area (Å²) >= 11 is 1.22. The number of nitriles is 1. The quantitative estimate of drug-likeness (QED) is 0.565. The lowest BCUT2D eigenvalue weighted by molar-refractivity contribution is -0.139. The fraction of sp³-hybridized carbons (Fsp3) is 0.115. The first-order chi connectivity index (χ1) is 16.1. The van der Waals surface area contributed by atoms with Crippen LogP contribution in [0.1, 0.15) is 24.1 Å². The number of benzene rings is 3. The summed E-state index contributed by atoms with van der Waals surface area (Å²) in [6.07, 6.45) is 0. The Morgan fingerprint density at radius 1 is 1.12 bits per heavy atom. The maximum atomic E-state index is 13.4. The summed E-state index contributed by atoms with van der Waals surface area (Å²) in [4.78, 5) is 20.4. The molecule has 0 saturated heterocycles. The second-order valence-electron chi connectivity index (χ2n) is 7.51. The first-order valence-corrected chi connectivity index (χ1v) is 11.4. The summed E-state index contributed by atoms with van der Waals surface area (Å²) in [6.45, 7) is 2.01. The van der Waals surface area contributed by atoms with E-state index in [1.165, 1.54) is 11.8 Å². The Balaban J connectivity index is 1.85. The van der Waals surface area contributed by atoms with E-state index in [9.17, 15) is 10.1 Å². The number of esters is 1. The zero-order valence-electron chi connectivity index (χ0n) is 17.9. The number of amidine groups is 1. The monoisotopic (exact) mass is 452 g/mol. The molecule has 0 amide bonds. The van der Waals surface area contributed by atoms with Gasteiger partial charge >= 0.3 is 5.97 Å². The summed E-state index contributed by atoms with van der Waals surface area (Å²) in [5, 5.41) is 12.3. The van der Waals surface area contributed by atoms with Gasteiger partial charge < -0.3 is 10.5 Å². The molecule has 0 unspecified atom stereocenters. The molecule has 0 aliphatic carbocycles. The van der Waals surface area contributed by atoms with Gasteiger partial charge in [0.05, 0.1) is 23.9 Å². The largest absolute Gasteiger partial charge is 0.463 e. The second kappa shape index (κ2) is 8.49. The summed E-state index contributed by atoms with van der Waals surface area (Å²) in [6, 6.07) is 25.1. The summed E-state index contributed by atoms with van der Waals surface area (Å²) in [5.74, 6) is -0.173. The van der Waals surface area contributed by atoms with E-state index in [4.69, 9.17) is 15.5 Å². The van der Waals surface area contributed by atoms with Crippen LogP contribution < -0.4 is 5.73 Å². The van der Waals surface area contributed by atoms with Crippen molar-refractivity contribution in [2.75, 3.05) is 6.61 Å². The number of fused-ring (bicyclic) bond motifs is 2. The van der Waals surface area contributed by atoms with E-state index in [2.05, 4.69) is 6.07 Å². The molecule has 162 valence electrons. The van der Waals surface area contributed by atoms with Gasteiger partial charge in [-0.1, -0.05) is 72.8 Å². The first-order valence-electron chi connectivity index (χ1n) is 10.5. The van der Waals surface area contributed by atoms with Crippen LogP contribution in [-0.2, 0) is 9.53 Å². The number of carbonyl (C=O) groups excluding carboxylic acids is 1. The standard InChI is InChI=1S/C26H20N4O2S/c1-2-32-25(31)21-22(17-10-4-3-5-11-17)29-26-30(24(28)20(15-27)33-26)23(21)19-14-8-12-16-9-6-7-13-18(16)19/h3-14,23H,2,28H2,1H3/t23-/m1/s1. The number of nitrogens with zero attached hydrogens (tertiary/aromatic N) is 3. The second-order valence-corrected chi connectivity index (χ2v) is 8.49. The SMILES string of the molecule is CCOC(=O)C1=C(c2ccccc2)N=C2SC(C#N)=C(N)N2[C@@H]1c1cccc2ccccc12. The third-order valence-corrected chi connectivity index (χ3v) is 6.62. The Hall–Kier alpha value is -4.02. The number of thioether (sulfide) groups is 1. The van der Waals surface area contributed by atoms with Gasteiger partial charge in [0.2, 0.25) is 0 Å². The molecule has 0 spiro atoms. The molecular formula is C26H20N4O2S. The number of rotatable bonds is 4. The lowest BCUT2D eigenvalue weighted by atomic mass is 9.89. The average Bonchev–Trinajstić information content (AvgIpc) is 3.18. The molecule has 2 heterocycles. The maximum absolute atomic E-state index is 13.4. The molecule has 0 fully saturated rings. The smallest absolute Gasteiger partial charge is 0.338 e. The first kappa shape index (κ1) is 20.9. The van der Waals surface area contributed by atoms with Crippen LogP contribution in [-0.4, -0.2) is 22.6 Å². The highest BCUT2D eigenvalue weighted by atomic mass is 32.2. The van der Waals surface area contributed by atoms with E-state index in [0.717, 1.165) is 21.9 Å². The van der Waals surface area contributed by atoms with E-state index < -0.39 is 12.0 Å². The molecule has 7 heteroatoms. The van der Waals surface area contributed by atoms with Crippen LogP contribution in [0.15, 0.2) is 94.1 Å². The lowest BCUT2D eigenvalue weighted by Gasteiger charge is -2.36. The van der Waals surface area contributed by atoms with Gasteiger partial charge in [-0.05, 0) is 35.0 Å². The van der Waals surface area contributed by atoms with Crippen molar-refractivity contribution in [2.24, 2.45) is 10.7 Å². The molecule has 0 saturated carbocycles. The number of aliphatic imine (C=N–C) groups is 1. The van der Waals surface area contributed by atoms with Crippen LogP contribution in [0.3, 0.4) is 0 Å². The van der Waals surface area contributed by atoms with Crippen LogP contribution in [0.5, 0.6) is 0 Å². The van der Waals surface area contributed by atoms with Gasteiger partial charge in [0.1, 0.15) is 16.8 Å². The topological polar surface area (TPSA) is 91.7 Å². The van der Waals surface area contributed by atoms with Crippen molar-refractivity contribution >= 4 is 39.4 Å². The van der Waals surface area contributed by atoms with Gasteiger partial charge in [-0.2, -0.15) is 5.26 Å². The minimum atomic E-state index is -0.601. The molecule has 2 aliphatic rings. The van der Waals surface area contributed by atoms with Crippen molar-refractivity contribution in [3.8, 4) is 6.07 Å². The lowest BCUT2D eigenvalue weighted by Crippen LogP contribution is -2.38. The summed E-state index contributed by atoms with van der Waals surface area (Å²) in [7, 11) is 0. The number of carbonyl (C=O) groups is 1. The van der Waals surface area contributed by atoms with Crippen LogP contribution in [0.2, 0.25) is 0 Å². The molecule has 1 atom stereocenters. The van der Waals surface area contributed by atoms with E-state index >= 15 is 0 Å². The van der Waals surface area contributed by atoms with Crippen molar-refractivity contribution < 1.29 is 9.53 Å². The van der Waals surface area contributed by atoms with Gasteiger partial charge in [0.15, 0.2) is 5.17 Å². The minimum absolute atomic E-state index is 0.229. The van der Waals surface area contributed by atoms with Crippen LogP contribution in [0.25, 0.3) is 16.5 Å². The van der Waals surface area contributed by atoms with Crippen LogP contribution in [0, 0.1) is 11.3 Å². The van der Waals surface area contributed by atoms with Gasteiger partial charge in [0, 0.05) is 5.56 Å². The number of nitrogens with two attached hydrogens (primary N) is 1. The van der Waals surface area contributed by atoms with E-state index in [1.54, 1.807) is 11.8 Å². The number of allylic oxidation sites excluding steroid dienone is 1. The normalized spacial score (nSPS) is 17.6. The highest BCUT2D eigenvalue weighted by Gasteiger charge is 2.44. The van der Waals surface area contributed by atoms with E-state index in [1.807, 2.05) is 72.8 Å². The highest BCUT2D eigenvalue weighted by molar-refractivity contribution is 8.17. The predicted octanol–water partition coefficient (Wildman–Crippen LogP) is 4.93. The molecule has 0 bridgehead atoms. The Labute approximate surface area is 195 Å². The zero-order valence-corrected chi connectivity index (χ0v) is 18.7.